The summed E-state index contributed by atoms with van der Waals surface area (Å²) in [5.74, 6) is 0.149. The van der Waals surface area contributed by atoms with Crippen molar-refractivity contribution in [1.82, 2.24) is 35.4 Å². The molecule has 21 nitrogen and oxygen atoms in total. The van der Waals surface area contributed by atoms with Crippen LogP contribution in [0.15, 0.2) is 28.9 Å². The number of nitrogen functional groups attached to an aromatic ring is 2. The lowest BCUT2D eigenvalue weighted by atomic mass is 10.1. The summed E-state index contributed by atoms with van der Waals surface area (Å²) in [6.45, 7) is 8.79. The molecule has 3 heterocycles. The van der Waals surface area contributed by atoms with E-state index in [1.165, 1.54) is 6.33 Å². The number of aromatic nitrogens is 5. The Morgan fingerprint density at radius 3 is 1.80 bits per heavy atom. The van der Waals surface area contributed by atoms with Crippen molar-refractivity contribution in [3.05, 3.63) is 24.5 Å². The molecule has 0 saturated carbocycles. The first-order chi connectivity index (χ1) is 29.0. The van der Waals surface area contributed by atoms with E-state index in [9.17, 15) is 9.59 Å². The minimum atomic E-state index is -0.103. The van der Waals surface area contributed by atoms with Crippen LogP contribution >= 0.6 is 0 Å². The minimum absolute atomic E-state index is 0.0807. The molecule has 4 aromatic rings. The molecule has 0 aliphatic rings. The molecular formula is C38H60N10O11. The lowest BCUT2D eigenvalue weighted by Crippen LogP contribution is -2.28. The number of hydrogen-bond donors (Lipinski definition) is 5. The molecule has 4 rings (SSSR count). The molecule has 328 valence electrons. The predicted molar refractivity (Wildman–Crippen MR) is 217 cm³/mol. The van der Waals surface area contributed by atoms with Gasteiger partial charge in [0.15, 0.2) is 11.2 Å². The zero-order valence-corrected chi connectivity index (χ0v) is 33.7. The lowest BCUT2D eigenvalue weighted by molar-refractivity contribution is -0.123. The number of unbranched alkanes of at least 4 members (excludes halogenated alkanes) is 1. The van der Waals surface area contributed by atoms with Crippen LogP contribution in [0, 0.1) is 0 Å². The number of carbonyl (C=O) groups is 2. The first-order valence-corrected chi connectivity index (χ1v) is 19.9. The zero-order valence-electron chi connectivity index (χ0n) is 33.7. The van der Waals surface area contributed by atoms with Gasteiger partial charge < -0.3 is 70.1 Å². The molecular weight excluding hydrogens is 772 g/mol. The van der Waals surface area contributed by atoms with Crippen molar-refractivity contribution in [3.63, 3.8) is 0 Å². The Morgan fingerprint density at radius 2 is 1.20 bits per heavy atom. The molecule has 0 fully saturated rings. The van der Waals surface area contributed by atoms with Gasteiger partial charge in [0.25, 0.3) is 6.01 Å². The van der Waals surface area contributed by atoms with Gasteiger partial charge in [0.2, 0.25) is 11.8 Å². The number of nitrogens with one attached hydrogen (secondary N) is 2. The Bertz CT molecular complexity index is 1780. The van der Waals surface area contributed by atoms with Crippen LogP contribution in [0.5, 0.6) is 0 Å². The van der Waals surface area contributed by atoms with Crippen LogP contribution in [0.4, 0.5) is 11.8 Å². The largest absolute Gasteiger partial charge is 0.424 e. The molecule has 21 heteroatoms. The van der Waals surface area contributed by atoms with E-state index in [1.807, 2.05) is 12.1 Å². The number of fused-ring (bicyclic) bond motifs is 2. The van der Waals surface area contributed by atoms with Gasteiger partial charge in [0, 0.05) is 44.6 Å². The zero-order chi connectivity index (χ0) is 41.8. The molecule has 0 bridgehead atoms. The summed E-state index contributed by atoms with van der Waals surface area (Å²) in [7, 11) is 0. The summed E-state index contributed by atoms with van der Waals surface area (Å²) < 4.78 is 50.6. The standard InChI is InChI=1S/C38H60N10O11/c39-7-13-53-17-21-57-25-23-55-20-16-52-12-6-33(50)43-9-14-54-18-22-58-26-24-56-19-15-51-11-5-32(49)42-8-1-2-10-48-37-34(36(40)44-28-45-37)35(47-48)29-3-4-31-30(27-29)46-38(41)59-31/h3-4,27-28H,1-2,5-26,39H2,(H2,41,46)(H,42,49)(H,43,50)(H2,40,44,45). The average molecular weight is 833 g/mol. The second-order valence-corrected chi connectivity index (χ2v) is 12.9. The third-order valence-corrected chi connectivity index (χ3v) is 8.36. The van der Waals surface area contributed by atoms with E-state index in [1.54, 1.807) is 10.7 Å². The van der Waals surface area contributed by atoms with Gasteiger partial charge in [-0.15, -0.1) is 0 Å². The van der Waals surface area contributed by atoms with Crippen LogP contribution in [-0.2, 0) is 54.0 Å². The van der Waals surface area contributed by atoms with Crippen molar-refractivity contribution in [1.29, 1.82) is 0 Å². The third kappa shape index (κ3) is 18.5. The van der Waals surface area contributed by atoms with Gasteiger partial charge in [-0.25, -0.2) is 14.6 Å². The van der Waals surface area contributed by atoms with Crippen LogP contribution in [-0.4, -0.2) is 162 Å². The Labute approximate surface area is 343 Å². The summed E-state index contributed by atoms with van der Waals surface area (Å²) in [5, 5.41) is 11.2. The van der Waals surface area contributed by atoms with Crippen LogP contribution in [0.3, 0.4) is 0 Å². The highest BCUT2D eigenvalue weighted by Crippen LogP contribution is 2.32. The second kappa shape index (κ2) is 28.8. The fourth-order valence-electron chi connectivity index (χ4n) is 5.47. The van der Waals surface area contributed by atoms with E-state index in [2.05, 4.69) is 25.6 Å². The molecule has 0 radical (unpaired) electrons. The third-order valence-electron chi connectivity index (χ3n) is 8.36. The molecule has 1 aromatic carbocycles. The quantitative estimate of drug-likeness (QED) is 0.0399. The van der Waals surface area contributed by atoms with Gasteiger partial charge in [0.05, 0.1) is 111 Å². The lowest BCUT2D eigenvalue weighted by Gasteiger charge is -2.09. The Balaban J connectivity index is 0.889. The molecule has 0 spiro atoms. The fourth-order valence-corrected chi connectivity index (χ4v) is 5.47. The highest BCUT2D eigenvalue weighted by Gasteiger charge is 2.18. The Morgan fingerprint density at radius 1 is 0.661 bits per heavy atom. The van der Waals surface area contributed by atoms with E-state index in [0.29, 0.717) is 166 Å². The maximum absolute atomic E-state index is 12.3. The van der Waals surface area contributed by atoms with Gasteiger partial charge in [0.1, 0.15) is 23.4 Å². The van der Waals surface area contributed by atoms with Crippen LogP contribution in [0.25, 0.3) is 33.4 Å². The van der Waals surface area contributed by atoms with Gasteiger partial charge in [-0.2, -0.15) is 10.1 Å². The van der Waals surface area contributed by atoms with Gasteiger partial charge in [-0.05, 0) is 31.0 Å². The first kappa shape index (κ1) is 47.1. The molecule has 0 aliphatic carbocycles. The molecule has 0 aliphatic heterocycles. The number of nitrogens with two attached hydrogens (primary N) is 3. The molecule has 2 amide bonds. The summed E-state index contributed by atoms with van der Waals surface area (Å²) in [6.07, 6.45) is 3.44. The molecule has 3 aromatic heterocycles. The molecule has 0 unspecified atom stereocenters. The molecule has 59 heavy (non-hydrogen) atoms. The summed E-state index contributed by atoms with van der Waals surface area (Å²) in [6, 6.07) is 5.59. The summed E-state index contributed by atoms with van der Waals surface area (Å²) in [5.41, 5.74) is 20.5. The summed E-state index contributed by atoms with van der Waals surface area (Å²) >= 11 is 0. The van der Waals surface area contributed by atoms with E-state index < -0.39 is 0 Å². The molecule has 0 saturated heterocycles. The number of amides is 2. The van der Waals surface area contributed by atoms with Gasteiger partial charge in [-0.1, -0.05) is 0 Å². The van der Waals surface area contributed by atoms with Crippen molar-refractivity contribution in [2.75, 3.05) is 137 Å². The van der Waals surface area contributed by atoms with Crippen LogP contribution in [0.1, 0.15) is 25.7 Å². The highest BCUT2D eigenvalue weighted by molar-refractivity contribution is 5.99. The Hall–Kier alpha value is -4.58. The number of carbonyl (C=O) groups excluding carboxylic acids is 2. The average Bonchev–Trinajstić information content (AvgIpc) is 3.80. The van der Waals surface area contributed by atoms with Crippen molar-refractivity contribution in [3.8, 4) is 11.3 Å². The van der Waals surface area contributed by atoms with Crippen molar-refractivity contribution >= 4 is 45.8 Å². The maximum Gasteiger partial charge on any atom is 0.292 e. The molecule has 8 N–H and O–H groups in total. The van der Waals surface area contributed by atoms with Gasteiger partial charge in [-0.3, -0.25) is 9.59 Å². The normalized spacial score (nSPS) is 11.5. The maximum atomic E-state index is 12.3. The number of anilines is 2. The molecule has 0 atom stereocenters. The van der Waals surface area contributed by atoms with E-state index >= 15 is 0 Å². The number of aryl methyl sites for hydroxylation is 1. The number of ether oxygens (including phenoxy) is 8. The van der Waals surface area contributed by atoms with Crippen LogP contribution < -0.4 is 27.8 Å². The number of rotatable bonds is 35. The number of benzene rings is 1. The van der Waals surface area contributed by atoms with Crippen molar-refractivity contribution < 1.29 is 51.9 Å². The van der Waals surface area contributed by atoms with E-state index in [-0.39, 0.29) is 30.7 Å². The Kier molecular flexibility index (Phi) is 23.0. The van der Waals surface area contributed by atoms with Gasteiger partial charge >= 0.3 is 0 Å². The highest BCUT2D eigenvalue weighted by atomic mass is 16.6. The van der Waals surface area contributed by atoms with E-state index in [0.717, 1.165) is 18.4 Å². The predicted octanol–water partition coefficient (Wildman–Crippen LogP) is 0.683. The monoisotopic (exact) mass is 832 g/mol. The van der Waals surface area contributed by atoms with Crippen LogP contribution in [0.2, 0.25) is 0 Å². The van der Waals surface area contributed by atoms with Crippen molar-refractivity contribution in [2.24, 2.45) is 5.73 Å². The van der Waals surface area contributed by atoms with E-state index in [4.69, 9.17) is 64.6 Å². The second-order valence-electron chi connectivity index (χ2n) is 12.9. The minimum Gasteiger partial charge on any atom is -0.424 e. The number of nitrogens with zero attached hydrogens (tertiary/aromatic N) is 5. The summed E-state index contributed by atoms with van der Waals surface area (Å²) in [4.78, 5) is 36.9. The SMILES string of the molecule is NCCOCCOCCOCCOCCC(=O)NCCOCCOCCOCCOCCC(=O)NCCCCn1nc(-c2ccc3oc(N)nc3c2)c2c(N)ncnc21. The number of oxazole rings is 1. The number of hydrogen-bond acceptors (Lipinski definition) is 18. The topological polar surface area (TPSA) is 280 Å². The first-order valence-electron chi connectivity index (χ1n) is 19.9. The fraction of sp³-hybridized carbons (Fsp3) is 0.632. The smallest absolute Gasteiger partial charge is 0.292 e. The van der Waals surface area contributed by atoms with Crippen molar-refractivity contribution in [2.45, 2.75) is 32.2 Å².